The van der Waals surface area contributed by atoms with Gasteiger partial charge in [0.15, 0.2) is 0 Å². The standard InChI is InChI=1S/C15H18ClFN2O/c1-4-15(20,11-6-5-7-12(17)8-11)9-13-14(16)10(2)18-19(13)3/h5-8,20H,4,9H2,1-3H3. The molecule has 0 aliphatic rings. The Morgan fingerprint density at radius 1 is 1.45 bits per heavy atom. The van der Waals surface area contributed by atoms with E-state index in [1.165, 1.54) is 12.1 Å². The van der Waals surface area contributed by atoms with Crippen LogP contribution in [0.3, 0.4) is 0 Å². The van der Waals surface area contributed by atoms with Crippen LogP contribution in [0, 0.1) is 12.7 Å². The Morgan fingerprint density at radius 2 is 2.15 bits per heavy atom. The number of hydrogen-bond acceptors (Lipinski definition) is 2. The second-order valence-corrected chi connectivity index (χ2v) is 5.42. The number of benzene rings is 1. The smallest absolute Gasteiger partial charge is 0.123 e. The number of halogens is 2. The second kappa shape index (κ2) is 5.54. The van der Waals surface area contributed by atoms with Crippen LogP contribution in [0.15, 0.2) is 24.3 Å². The van der Waals surface area contributed by atoms with E-state index >= 15 is 0 Å². The molecule has 1 atom stereocenters. The zero-order valence-corrected chi connectivity index (χ0v) is 12.6. The van der Waals surface area contributed by atoms with Gasteiger partial charge in [0.25, 0.3) is 0 Å². The van der Waals surface area contributed by atoms with Crippen LogP contribution in [0.25, 0.3) is 0 Å². The maximum atomic E-state index is 13.4. The zero-order valence-electron chi connectivity index (χ0n) is 11.8. The summed E-state index contributed by atoms with van der Waals surface area (Å²) in [6.45, 7) is 3.68. The van der Waals surface area contributed by atoms with Crippen LogP contribution in [0.4, 0.5) is 4.39 Å². The molecule has 20 heavy (non-hydrogen) atoms. The van der Waals surface area contributed by atoms with Gasteiger partial charge in [-0.25, -0.2) is 4.39 Å². The van der Waals surface area contributed by atoms with E-state index in [0.29, 0.717) is 23.4 Å². The van der Waals surface area contributed by atoms with Gasteiger partial charge in [0.1, 0.15) is 5.82 Å². The third kappa shape index (κ3) is 2.72. The molecule has 1 aromatic carbocycles. The lowest BCUT2D eigenvalue weighted by Crippen LogP contribution is -2.29. The molecule has 1 heterocycles. The largest absolute Gasteiger partial charge is 0.385 e. The Bertz CT molecular complexity index is 626. The Hall–Kier alpha value is -1.39. The number of rotatable bonds is 4. The highest BCUT2D eigenvalue weighted by atomic mass is 35.5. The third-order valence-corrected chi connectivity index (χ3v) is 4.16. The molecule has 0 saturated heterocycles. The highest BCUT2D eigenvalue weighted by Gasteiger charge is 2.30. The van der Waals surface area contributed by atoms with E-state index in [2.05, 4.69) is 5.10 Å². The normalized spacial score (nSPS) is 14.3. The van der Waals surface area contributed by atoms with Crippen molar-refractivity contribution in [1.82, 2.24) is 9.78 Å². The molecular weight excluding hydrogens is 279 g/mol. The molecule has 5 heteroatoms. The van der Waals surface area contributed by atoms with Crippen LogP contribution in [0.2, 0.25) is 5.02 Å². The molecule has 108 valence electrons. The topological polar surface area (TPSA) is 38.1 Å². The average Bonchev–Trinajstić information content (AvgIpc) is 2.65. The summed E-state index contributed by atoms with van der Waals surface area (Å²) in [5.74, 6) is -0.360. The van der Waals surface area contributed by atoms with Crippen molar-refractivity contribution < 1.29 is 9.50 Å². The highest BCUT2D eigenvalue weighted by Crippen LogP contribution is 2.32. The summed E-state index contributed by atoms with van der Waals surface area (Å²) >= 11 is 6.23. The van der Waals surface area contributed by atoms with Crippen molar-refractivity contribution >= 4 is 11.6 Å². The lowest BCUT2D eigenvalue weighted by Gasteiger charge is -2.27. The molecule has 0 radical (unpaired) electrons. The summed E-state index contributed by atoms with van der Waals surface area (Å²) in [6.07, 6.45) is 0.750. The lowest BCUT2D eigenvalue weighted by atomic mass is 9.86. The van der Waals surface area contributed by atoms with Crippen molar-refractivity contribution in [3.05, 3.63) is 52.1 Å². The number of hydrogen-bond donors (Lipinski definition) is 1. The summed E-state index contributed by atoms with van der Waals surface area (Å²) in [5.41, 5.74) is 0.862. The summed E-state index contributed by atoms with van der Waals surface area (Å²) < 4.78 is 15.0. The van der Waals surface area contributed by atoms with Crippen LogP contribution in [0.5, 0.6) is 0 Å². The van der Waals surface area contributed by atoms with Gasteiger partial charge in [-0.15, -0.1) is 0 Å². The van der Waals surface area contributed by atoms with Crippen LogP contribution < -0.4 is 0 Å². The molecule has 0 amide bonds. The Labute approximate surface area is 123 Å². The van der Waals surface area contributed by atoms with Gasteiger partial charge in [0.05, 0.1) is 22.0 Å². The van der Waals surface area contributed by atoms with Crippen molar-refractivity contribution in [3.63, 3.8) is 0 Å². The fourth-order valence-corrected chi connectivity index (χ4v) is 2.59. The Balaban J connectivity index is 2.41. The van der Waals surface area contributed by atoms with Gasteiger partial charge in [-0.3, -0.25) is 4.68 Å². The number of aryl methyl sites for hydroxylation is 2. The number of nitrogens with zero attached hydrogens (tertiary/aromatic N) is 2. The van der Waals surface area contributed by atoms with Crippen molar-refractivity contribution in [2.45, 2.75) is 32.3 Å². The van der Waals surface area contributed by atoms with E-state index in [-0.39, 0.29) is 5.82 Å². The molecule has 0 spiro atoms. The van der Waals surface area contributed by atoms with Gasteiger partial charge < -0.3 is 5.11 Å². The molecule has 1 N–H and O–H groups in total. The van der Waals surface area contributed by atoms with Crippen LogP contribution in [-0.4, -0.2) is 14.9 Å². The van der Waals surface area contributed by atoms with Crippen LogP contribution in [-0.2, 0) is 19.1 Å². The number of aromatic nitrogens is 2. The maximum absolute atomic E-state index is 13.4. The van der Waals surface area contributed by atoms with Gasteiger partial charge in [0, 0.05) is 13.5 Å². The number of aliphatic hydroxyl groups is 1. The molecule has 0 fully saturated rings. The van der Waals surface area contributed by atoms with Crippen molar-refractivity contribution in [3.8, 4) is 0 Å². The lowest BCUT2D eigenvalue weighted by molar-refractivity contribution is 0.0306. The van der Waals surface area contributed by atoms with Gasteiger partial charge in [0.2, 0.25) is 0 Å². The van der Waals surface area contributed by atoms with Gasteiger partial charge >= 0.3 is 0 Å². The molecule has 1 aromatic heterocycles. The zero-order chi connectivity index (χ0) is 14.9. The molecule has 0 aliphatic carbocycles. The molecule has 2 rings (SSSR count). The quantitative estimate of drug-likeness (QED) is 0.939. The molecule has 1 unspecified atom stereocenters. The fourth-order valence-electron chi connectivity index (χ4n) is 2.36. The summed E-state index contributed by atoms with van der Waals surface area (Å²) in [4.78, 5) is 0. The maximum Gasteiger partial charge on any atom is 0.123 e. The molecule has 0 saturated carbocycles. The minimum absolute atomic E-state index is 0.295. The highest BCUT2D eigenvalue weighted by molar-refractivity contribution is 6.31. The molecule has 0 aliphatic heterocycles. The average molecular weight is 297 g/mol. The molecule has 3 nitrogen and oxygen atoms in total. The van der Waals surface area contributed by atoms with E-state index < -0.39 is 5.60 Å². The van der Waals surface area contributed by atoms with Crippen LogP contribution in [0.1, 0.15) is 30.3 Å². The minimum atomic E-state index is -1.16. The van der Waals surface area contributed by atoms with Crippen molar-refractivity contribution in [2.75, 3.05) is 0 Å². The molecule has 0 bridgehead atoms. The van der Waals surface area contributed by atoms with Gasteiger partial charge in [-0.2, -0.15) is 5.10 Å². The summed E-state index contributed by atoms with van der Waals surface area (Å²) in [7, 11) is 1.79. The van der Waals surface area contributed by atoms with Gasteiger partial charge in [-0.1, -0.05) is 30.7 Å². The van der Waals surface area contributed by atoms with Crippen molar-refractivity contribution in [1.29, 1.82) is 0 Å². The van der Waals surface area contributed by atoms with Crippen molar-refractivity contribution in [2.24, 2.45) is 7.05 Å². The third-order valence-electron chi connectivity index (χ3n) is 3.67. The first kappa shape index (κ1) is 15.0. The summed E-state index contributed by atoms with van der Waals surface area (Å²) in [5, 5.41) is 15.7. The minimum Gasteiger partial charge on any atom is -0.385 e. The Morgan fingerprint density at radius 3 is 2.65 bits per heavy atom. The van der Waals surface area contributed by atoms with E-state index in [4.69, 9.17) is 11.6 Å². The Kier molecular flexibility index (Phi) is 4.16. The van der Waals surface area contributed by atoms with Crippen LogP contribution >= 0.6 is 11.6 Å². The first-order valence-corrected chi connectivity index (χ1v) is 6.91. The second-order valence-electron chi connectivity index (χ2n) is 5.04. The fraction of sp³-hybridized carbons (Fsp3) is 0.400. The van der Waals surface area contributed by atoms with E-state index in [0.717, 1.165) is 11.4 Å². The predicted molar refractivity (Wildman–Crippen MR) is 77.2 cm³/mol. The molecular formula is C15H18ClFN2O. The van der Waals surface area contributed by atoms with Gasteiger partial charge in [-0.05, 0) is 31.0 Å². The molecule has 2 aromatic rings. The summed E-state index contributed by atoms with van der Waals surface area (Å²) in [6, 6.07) is 6.05. The first-order chi connectivity index (χ1) is 9.37. The van der Waals surface area contributed by atoms with E-state index in [1.54, 1.807) is 23.9 Å². The van der Waals surface area contributed by atoms with E-state index in [9.17, 15) is 9.50 Å². The predicted octanol–water partition coefficient (Wildman–Crippen LogP) is 3.36. The monoisotopic (exact) mass is 296 g/mol. The van der Waals surface area contributed by atoms with E-state index in [1.807, 2.05) is 13.8 Å². The SMILES string of the molecule is CCC(O)(Cc1c(Cl)c(C)nn1C)c1cccc(F)c1. The first-order valence-electron chi connectivity index (χ1n) is 6.54.